The van der Waals surface area contributed by atoms with E-state index in [-0.39, 0.29) is 0 Å². The minimum absolute atomic E-state index is 0.300. The van der Waals surface area contributed by atoms with E-state index in [1.54, 1.807) is 0 Å². The number of hydrogen-bond donors (Lipinski definition) is 0. The Morgan fingerprint density at radius 3 is 2.39 bits per heavy atom. The van der Waals surface area contributed by atoms with Crippen LogP contribution in [0.25, 0.3) is 0 Å². The predicted molar refractivity (Wildman–Crippen MR) is 85.7 cm³/mol. The molecule has 0 amide bonds. The van der Waals surface area contributed by atoms with Gasteiger partial charge in [0.25, 0.3) is 0 Å². The number of alkyl halides is 1. The average molecular weight is 389 g/mol. The van der Waals surface area contributed by atoms with Crippen LogP contribution in [0.3, 0.4) is 0 Å². The van der Waals surface area contributed by atoms with Crippen molar-refractivity contribution in [1.82, 2.24) is 0 Å². The number of rotatable bonds is 3. The van der Waals surface area contributed by atoms with Crippen molar-refractivity contribution in [3.05, 3.63) is 68.7 Å². The molecule has 0 saturated heterocycles. The molecule has 0 nitrogen and oxygen atoms in total. The van der Waals surface area contributed by atoms with Crippen LogP contribution < -0.4 is 0 Å². The third-order valence-electron chi connectivity index (χ3n) is 2.82. The SMILES string of the molecule is Cc1ccc(C(Br)Cc2ccc(Cl)cc2)c(Br)c1. The molecule has 0 saturated carbocycles. The van der Waals surface area contributed by atoms with Crippen molar-refractivity contribution in [2.24, 2.45) is 0 Å². The molecule has 94 valence electrons. The highest BCUT2D eigenvalue weighted by Gasteiger charge is 2.11. The number of aryl methyl sites for hydroxylation is 1. The lowest BCUT2D eigenvalue weighted by molar-refractivity contribution is 0.942. The fourth-order valence-corrected chi connectivity index (χ4v) is 3.80. The topological polar surface area (TPSA) is 0 Å². The minimum Gasteiger partial charge on any atom is -0.0843 e. The molecule has 0 bridgehead atoms. The lowest BCUT2D eigenvalue weighted by Gasteiger charge is -2.13. The van der Waals surface area contributed by atoms with Crippen LogP contribution in [0.15, 0.2) is 46.9 Å². The molecule has 0 aromatic heterocycles. The summed E-state index contributed by atoms with van der Waals surface area (Å²) in [6.07, 6.45) is 0.943. The largest absolute Gasteiger partial charge is 0.0843 e. The molecule has 0 radical (unpaired) electrons. The second-order valence-corrected chi connectivity index (χ2v) is 6.72. The Morgan fingerprint density at radius 2 is 1.78 bits per heavy atom. The van der Waals surface area contributed by atoms with Gasteiger partial charge < -0.3 is 0 Å². The van der Waals surface area contributed by atoms with E-state index in [9.17, 15) is 0 Å². The van der Waals surface area contributed by atoms with Gasteiger partial charge in [-0.1, -0.05) is 67.7 Å². The molecule has 0 N–H and O–H groups in total. The van der Waals surface area contributed by atoms with E-state index in [0.29, 0.717) is 4.83 Å². The smallest absolute Gasteiger partial charge is 0.0446 e. The van der Waals surface area contributed by atoms with Crippen LogP contribution in [0.1, 0.15) is 21.5 Å². The van der Waals surface area contributed by atoms with Gasteiger partial charge >= 0.3 is 0 Å². The van der Waals surface area contributed by atoms with E-state index >= 15 is 0 Å². The molecule has 0 aliphatic heterocycles. The summed E-state index contributed by atoms with van der Waals surface area (Å²) in [4.78, 5) is 0.300. The van der Waals surface area contributed by atoms with Gasteiger partial charge in [0, 0.05) is 14.3 Å². The number of benzene rings is 2. The van der Waals surface area contributed by atoms with Crippen LogP contribution in [-0.4, -0.2) is 0 Å². The van der Waals surface area contributed by atoms with Crippen LogP contribution in [-0.2, 0) is 6.42 Å². The Morgan fingerprint density at radius 1 is 1.11 bits per heavy atom. The highest BCUT2D eigenvalue weighted by molar-refractivity contribution is 9.11. The normalized spacial score (nSPS) is 12.4. The zero-order chi connectivity index (χ0) is 13.1. The zero-order valence-electron chi connectivity index (χ0n) is 9.96. The van der Waals surface area contributed by atoms with Gasteiger partial charge in [-0.3, -0.25) is 0 Å². The van der Waals surface area contributed by atoms with Crippen LogP contribution in [0.2, 0.25) is 5.02 Å². The van der Waals surface area contributed by atoms with E-state index in [2.05, 4.69) is 69.1 Å². The summed E-state index contributed by atoms with van der Waals surface area (Å²) in [5, 5.41) is 0.779. The van der Waals surface area contributed by atoms with Gasteiger partial charge in [0.05, 0.1) is 0 Å². The molecule has 1 unspecified atom stereocenters. The van der Waals surface area contributed by atoms with E-state index < -0.39 is 0 Å². The molecule has 18 heavy (non-hydrogen) atoms. The van der Waals surface area contributed by atoms with Gasteiger partial charge in [-0.2, -0.15) is 0 Å². The van der Waals surface area contributed by atoms with Crippen molar-refractivity contribution in [2.45, 2.75) is 18.2 Å². The first-order valence-electron chi connectivity index (χ1n) is 5.71. The molecule has 2 aromatic rings. The summed E-state index contributed by atoms with van der Waals surface area (Å²) in [5.74, 6) is 0. The van der Waals surface area contributed by atoms with E-state index in [0.717, 1.165) is 15.9 Å². The number of halogens is 3. The Kier molecular flexibility index (Phi) is 4.88. The zero-order valence-corrected chi connectivity index (χ0v) is 13.9. The molecule has 2 rings (SSSR count). The van der Waals surface area contributed by atoms with Crippen LogP contribution in [0, 0.1) is 6.92 Å². The third kappa shape index (κ3) is 3.59. The highest BCUT2D eigenvalue weighted by Crippen LogP contribution is 2.33. The molecule has 0 fully saturated rings. The first-order chi connectivity index (χ1) is 8.56. The molecule has 0 aliphatic rings. The minimum atomic E-state index is 0.300. The highest BCUT2D eigenvalue weighted by atomic mass is 79.9. The first kappa shape index (κ1) is 14.1. The lowest BCUT2D eigenvalue weighted by Crippen LogP contribution is -1.96. The van der Waals surface area contributed by atoms with Crippen molar-refractivity contribution in [3.8, 4) is 0 Å². The van der Waals surface area contributed by atoms with E-state index in [1.807, 2.05) is 12.1 Å². The number of hydrogen-bond acceptors (Lipinski definition) is 0. The van der Waals surface area contributed by atoms with Crippen molar-refractivity contribution in [2.75, 3.05) is 0 Å². The van der Waals surface area contributed by atoms with E-state index in [1.165, 1.54) is 16.7 Å². The van der Waals surface area contributed by atoms with E-state index in [4.69, 9.17) is 11.6 Å². The van der Waals surface area contributed by atoms with Gasteiger partial charge in [-0.15, -0.1) is 0 Å². The standard InChI is InChI=1S/C15H13Br2Cl/c1-10-2-7-13(14(16)8-10)15(17)9-11-3-5-12(18)6-4-11/h2-8,15H,9H2,1H3. The second-order valence-electron chi connectivity index (χ2n) is 4.32. The monoisotopic (exact) mass is 386 g/mol. The Labute approximate surface area is 130 Å². The van der Waals surface area contributed by atoms with Gasteiger partial charge in [0.2, 0.25) is 0 Å². The molecule has 0 aliphatic carbocycles. The summed E-state index contributed by atoms with van der Waals surface area (Å²) in [6, 6.07) is 14.4. The van der Waals surface area contributed by atoms with Gasteiger partial charge in [-0.05, 0) is 48.2 Å². The summed E-state index contributed by atoms with van der Waals surface area (Å²) in [6.45, 7) is 2.09. The summed E-state index contributed by atoms with van der Waals surface area (Å²) in [7, 11) is 0. The third-order valence-corrected chi connectivity index (χ3v) is 4.58. The van der Waals surface area contributed by atoms with Crippen molar-refractivity contribution in [3.63, 3.8) is 0 Å². The predicted octanol–water partition coefficient (Wildman–Crippen LogP) is 6.09. The van der Waals surface area contributed by atoms with Crippen LogP contribution in [0.5, 0.6) is 0 Å². The quantitative estimate of drug-likeness (QED) is 0.558. The van der Waals surface area contributed by atoms with Gasteiger partial charge in [0.1, 0.15) is 0 Å². The lowest BCUT2D eigenvalue weighted by atomic mass is 10.0. The van der Waals surface area contributed by atoms with Crippen LogP contribution in [0.4, 0.5) is 0 Å². The molecule has 1 atom stereocenters. The van der Waals surface area contributed by atoms with Gasteiger partial charge in [0.15, 0.2) is 0 Å². The molecule has 2 aromatic carbocycles. The Balaban J connectivity index is 2.16. The maximum Gasteiger partial charge on any atom is 0.0446 e. The molecular formula is C15H13Br2Cl. The average Bonchev–Trinajstić information content (AvgIpc) is 2.32. The maximum atomic E-state index is 5.89. The van der Waals surface area contributed by atoms with Crippen molar-refractivity contribution >= 4 is 43.5 Å². The van der Waals surface area contributed by atoms with Gasteiger partial charge in [-0.25, -0.2) is 0 Å². The first-order valence-corrected chi connectivity index (χ1v) is 7.79. The molecule has 0 heterocycles. The molecule has 3 heteroatoms. The second kappa shape index (κ2) is 6.23. The molecule has 0 spiro atoms. The van der Waals surface area contributed by atoms with Crippen molar-refractivity contribution < 1.29 is 0 Å². The maximum absolute atomic E-state index is 5.89. The van der Waals surface area contributed by atoms with Crippen LogP contribution >= 0.6 is 43.5 Å². The van der Waals surface area contributed by atoms with Crippen molar-refractivity contribution in [1.29, 1.82) is 0 Å². The summed E-state index contributed by atoms with van der Waals surface area (Å²) < 4.78 is 1.15. The fourth-order valence-electron chi connectivity index (χ4n) is 1.82. The Hall–Kier alpha value is -0.310. The molecular weight excluding hydrogens is 375 g/mol. The summed E-state index contributed by atoms with van der Waals surface area (Å²) in [5.41, 5.74) is 3.81. The Bertz CT molecular complexity index is 535. The summed E-state index contributed by atoms with van der Waals surface area (Å²) >= 11 is 13.3. The fraction of sp³-hybridized carbons (Fsp3) is 0.200.